The van der Waals surface area contributed by atoms with Gasteiger partial charge in [-0.2, -0.15) is 0 Å². The molecule has 0 fully saturated rings. The Morgan fingerprint density at radius 3 is 2.87 bits per heavy atom. The van der Waals surface area contributed by atoms with E-state index in [-0.39, 0.29) is 17.3 Å². The van der Waals surface area contributed by atoms with Crippen LogP contribution in [0.5, 0.6) is 0 Å². The van der Waals surface area contributed by atoms with Gasteiger partial charge in [0.1, 0.15) is 5.58 Å². The Balaban J connectivity index is 1.99. The minimum Gasteiger partial charge on any atom is -0.465 e. The molecule has 0 spiro atoms. The van der Waals surface area contributed by atoms with Crippen molar-refractivity contribution in [3.05, 3.63) is 58.4 Å². The van der Waals surface area contributed by atoms with Crippen molar-refractivity contribution >= 4 is 39.5 Å². The lowest BCUT2D eigenvalue weighted by Gasteiger charge is -2.08. The van der Waals surface area contributed by atoms with Crippen LogP contribution in [0.15, 0.2) is 51.7 Å². The normalized spacial score (nSPS) is 11.0. The monoisotopic (exact) mass is 328 g/mol. The number of hydrogen-bond acceptors (Lipinski definition) is 5. The molecule has 3 rings (SSSR count). The second-order valence-corrected chi connectivity index (χ2v) is 6.03. The number of thioether (sulfide) groups is 1. The summed E-state index contributed by atoms with van der Waals surface area (Å²) in [5.41, 5.74) is 1.07. The summed E-state index contributed by atoms with van der Waals surface area (Å²) in [5, 5.41) is 3.06. The van der Waals surface area contributed by atoms with Crippen molar-refractivity contribution < 1.29 is 13.9 Å². The second-order valence-electron chi connectivity index (χ2n) is 5.05. The predicted octanol–water partition coefficient (Wildman–Crippen LogP) is 3.74. The van der Waals surface area contributed by atoms with Crippen LogP contribution in [0.1, 0.15) is 12.5 Å². The van der Waals surface area contributed by atoms with E-state index in [1.165, 1.54) is 17.8 Å². The van der Waals surface area contributed by atoms with Crippen molar-refractivity contribution in [2.45, 2.75) is 12.7 Å². The van der Waals surface area contributed by atoms with E-state index in [2.05, 4.69) is 0 Å². The number of carbonyl (C=O) groups is 1. The van der Waals surface area contributed by atoms with Gasteiger partial charge in [-0.05, 0) is 29.3 Å². The molecule has 0 saturated heterocycles. The van der Waals surface area contributed by atoms with E-state index in [0.29, 0.717) is 17.9 Å². The van der Waals surface area contributed by atoms with E-state index in [0.717, 1.165) is 21.7 Å². The van der Waals surface area contributed by atoms with Crippen LogP contribution in [-0.2, 0) is 15.3 Å². The summed E-state index contributed by atoms with van der Waals surface area (Å²) in [7, 11) is 0. The highest BCUT2D eigenvalue weighted by Crippen LogP contribution is 2.29. The molecule has 0 unspecified atom stereocenters. The summed E-state index contributed by atoms with van der Waals surface area (Å²) in [4.78, 5) is 23.2. The third kappa shape index (κ3) is 3.40. The number of fused-ring (bicyclic) bond motifs is 3. The maximum Gasteiger partial charge on any atom is 0.336 e. The molecule has 0 bridgehead atoms. The van der Waals surface area contributed by atoms with Crippen LogP contribution < -0.4 is 5.63 Å². The highest BCUT2D eigenvalue weighted by atomic mass is 32.2. The lowest BCUT2D eigenvalue weighted by Crippen LogP contribution is -2.07. The van der Waals surface area contributed by atoms with Gasteiger partial charge >= 0.3 is 11.6 Å². The van der Waals surface area contributed by atoms with E-state index >= 15 is 0 Å². The van der Waals surface area contributed by atoms with Crippen molar-refractivity contribution in [2.24, 2.45) is 0 Å². The van der Waals surface area contributed by atoms with Gasteiger partial charge in [-0.15, -0.1) is 11.8 Å². The summed E-state index contributed by atoms with van der Waals surface area (Å²) in [6.45, 7) is 2.16. The van der Waals surface area contributed by atoms with Crippen molar-refractivity contribution in [3.63, 3.8) is 0 Å². The summed E-state index contributed by atoms with van der Waals surface area (Å²) >= 11 is 1.43. The molecule has 0 atom stereocenters. The predicted molar refractivity (Wildman–Crippen MR) is 92.8 cm³/mol. The Morgan fingerprint density at radius 1 is 1.22 bits per heavy atom. The van der Waals surface area contributed by atoms with Crippen LogP contribution in [-0.4, -0.2) is 18.3 Å². The third-order valence-electron chi connectivity index (χ3n) is 3.50. The first kappa shape index (κ1) is 15.6. The second kappa shape index (κ2) is 6.87. The topological polar surface area (TPSA) is 56.5 Å². The SMILES string of the molecule is CCOC(=O)CSCc1cc(=O)oc2ccc3ccccc3c12. The van der Waals surface area contributed by atoms with Crippen LogP contribution in [0.4, 0.5) is 0 Å². The van der Waals surface area contributed by atoms with Crippen LogP contribution >= 0.6 is 11.8 Å². The van der Waals surface area contributed by atoms with Crippen molar-refractivity contribution in [1.29, 1.82) is 0 Å². The van der Waals surface area contributed by atoms with E-state index < -0.39 is 0 Å². The molecule has 0 radical (unpaired) electrons. The Hall–Kier alpha value is -2.27. The third-order valence-corrected chi connectivity index (χ3v) is 4.45. The molecule has 3 aromatic rings. The van der Waals surface area contributed by atoms with Crippen LogP contribution in [0.25, 0.3) is 21.7 Å². The number of benzene rings is 2. The average molecular weight is 328 g/mol. The maximum atomic E-state index is 11.8. The quantitative estimate of drug-likeness (QED) is 0.406. The van der Waals surface area contributed by atoms with E-state index in [1.807, 2.05) is 36.4 Å². The highest BCUT2D eigenvalue weighted by Gasteiger charge is 2.10. The summed E-state index contributed by atoms with van der Waals surface area (Å²) in [5.74, 6) is 0.574. The van der Waals surface area contributed by atoms with Crippen molar-refractivity contribution in [3.8, 4) is 0 Å². The maximum absolute atomic E-state index is 11.8. The molecule has 0 aliphatic carbocycles. The molecule has 0 amide bonds. The van der Waals surface area contributed by atoms with Gasteiger partial charge in [0.25, 0.3) is 0 Å². The van der Waals surface area contributed by atoms with E-state index in [9.17, 15) is 9.59 Å². The summed E-state index contributed by atoms with van der Waals surface area (Å²) < 4.78 is 10.2. The number of ether oxygens (including phenoxy) is 1. The van der Waals surface area contributed by atoms with E-state index in [4.69, 9.17) is 9.15 Å². The Morgan fingerprint density at radius 2 is 2.04 bits per heavy atom. The van der Waals surface area contributed by atoms with Crippen molar-refractivity contribution in [2.75, 3.05) is 12.4 Å². The van der Waals surface area contributed by atoms with Gasteiger partial charge < -0.3 is 9.15 Å². The average Bonchev–Trinajstić information content (AvgIpc) is 2.54. The smallest absolute Gasteiger partial charge is 0.336 e. The molecule has 2 aromatic carbocycles. The molecule has 1 aromatic heterocycles. The molecule has 0 N–H and O–H groups in total. The Kier molecular flexibility index (Phi) is 4.67. The van der Waals surface area contributed by atoms with Gasteiger partial charge in [-0.1, -0.05) is 30.3 Å². The standard InChI is InChI=1S/C18H16O4S/c1-2-21-17(20)11-23-10-13-9-16(19)22-15-8-7-12-5-3-4-6-14(12)18(13)15/h3-9H,2,10-11H2,1H3. The number of carbonyl (C=O) groups excluding carboxylic acids is 1. The summed E-state index contributed by atoms with van der Waals surface area (Å²) in [6, 6.07) is 13.2. The first-order chi connectivity index (χ1) is 11.2. The zero-order valence-corrected chi connectivity index (χ0v) is 13.5. The summed E-state index contributed by atoms with van der Waals surface area (Å²) in [6.07, 6.45) is 0. The molecule has 5 heteroatoms. The van der Waals surface area contributed by atoms with Gasteiger partial charge in [0, 0.05) is 17.2 Å². The van der Waals surface area contributed by atoms with Crippen LogP contribution in [0.3, 0.4) is 0 Å². The Labute approximate surface area is 137 Å². The minimum absolute atomic E-state index is 0.241. The molecule has 23 heavy (non-hydrogen) atoms. The van der Waals surface area contributed by atoms with Gasteiger partial charge in [0.2, 0.25) is 0 Å². The first-order valence-electron chi connectivity index (χ1n) is 7.37. The van der Waals surface area contributed by atoms with Crippen LogP contribution in [0, 0.1) is 0 Å². The zero-order chi connectivity index (χ0) is 16.2. The van der Waals surface area contributed by atoms with Gasteiger partial charge in [-0.25, -0.2) is 4.79 Å². The zero-order valence-electron chi connectivity index (χ0n) is 12.7. The lowest BCUT2D eigenvalue weighted by atomic mass is 10.0. The number of esters is 1. The fourth-order valence-electron chi connectivity index (χ4n) is 2.58. The highest BCUT2D eigenvalue weighted by molar-refractivity contribution is 7.99. The van der Waals surface area contributed by atoms with Crippen molar-refractivity contribution in [1.82, 2.24) is 0 Å². The fraction of sp³-hybridized carbons (Fsp3) is 0.222. The van der Waals surface area contributed by atoms with Gasteiger partial charge in [0.05, 0.1) is 12.4 Å². The molecular weight excluding hydrogens is 312 g/mol. The molecule has 0 saturated carbocycles. The van der Waals surface area contributed by atoms with Crippen LogP contribution in [0.2, 0.25) is 0 Å². The molecular formula is C18H16O4S. The lowest BCUT2D eigenvalue weighted by molar-refractivity contribution is -0.139. The molecule has 0 aliphatic rings. The number of rotatable bonds is 5. The minimum atomic E-state index is -0.375. The fourth-order valence-corrected chi connectivity index (χ4v) is 3.38. The van der Waals surface area contributed by atoms with E-state index in [1.54, 1.807) is 6.92 Å². The van der Waals surface area contributed by atoms with Gasteiger partial charge in [-0.3, -0.25) is 4.79 Å². The Bertz CT molecular complexity index is 914. The van der Waals surface area contributed by atoms with Gasteiger partial charge in [0.15, 0.2) is 0 Å². The first-order valence-corrected chi connectivity index (χ1v) is 8.52. The molecule has 4 nitrogen and oxygen atoms in total. The molecule has 0 aliphatic heterocycles. The molecule has 1 heterocycles. The molecule has 118 valence electrons. The largest absolute Gasteiger partial charge is 0.465 e. The number of hydrogen-bond donors (Lipinski definition) is 0.